The van der Waals surface area contributed by atoms with Crippen LogP contribution < -0.4 is 0 Å². The number of hydrogen-bond donors (Lipinski definition) is 25. The average molecular weight is 1290 g/mol. The first kappa shape index (κ1) is 71.5. The predicted octanol–water partition coefficient (Wildman–Crippen LogP) is -5.79. The first-order valence-electron chi connectivity index (χ1n) is 16.7. The molecule has 42 nitrogen and oxygen atoms in total. The maximum absolute atomic E-state index is 12.8. The molecule has 0 aliphatic heterocycles. The molecule has 0 rings (SSSR count). The van der Waals surface area contributed by atoms with Crippen LogP contribution in [0.5, 0.6) is 0 Å². The lowest BCUT2D eigenvalue weighted by Crippen LogP contribution is -2.53. The van der Waals surface area contributed by atoms with Gasteiger partial charge in [0.15, 0.2) is 0 Å². The summed E-state index contributed by atoms with van der Waals surface area (Å²) in [6.45, 7) is -9.78. The van der Waals surface area contributed by atoms with Crippen LogP contribution in [0.15, 0.2) is 0 Å². The normalized spacial score (nSPS) is 15.9. The molecule has 55 heteroatoms. The predicted molar refractivity (Wildman–Crippen MR) is 228 cm³/mol. The van der Waals surface area contributed by atoms with Crippen LogP contribution in [0, 0.1) is 0 Å². The third-order valence-corrected chi connectivity index (χ3v) is 30.8. The van der Waals surface area contributed by atoms with Gasteiger partial charge in [-0.2, -0.15) is 11.8 Å². The standard InChI is InChI=1S/C15H46N4O38P12S/c20-9(21)8(7-70-6-5-19(14(66(46,47)48)67(49,50)51)15(68(52,53)54)69(55,56)57)16(1-3-17(10(58(22,23)24)59(25,26)27)11(60(28,29)30)61(31,32)33)2-4-18(12(62(34,35)36)63(37,38)39)13(64(40,41)42)65(43,44)45/h8,10-15H,1-7H2,(H,20,21)(H2,22,23,24)(H2,25,26,27)(H2,28,29,30)(H2,31,32,33)(H2,34,35,36)(H2,37,38,39)(H2,40,41,42)(H2,43,44,45)(H2,46,47,48)(H2,49,50,51)(H2,52,53,54)(H2,55,56,57)/t8-/m0/s1. The number of nitrogens with zero attached hydrogens (tertiary/aromatic N) is 4. The maximum atomic E-state index is 12.8. The van der Waals surface area contributed by atoms with Gasteiger partial charge in [0.05, 0.1) is 0 Å². The van der Waals surface area contributed by atoms with Crippen LogP contribution in [0.1, 0.15) is 0 Å². The second-order valence-electron chi connectivity index (χ2n) is 13.8. The van der Waals surface area contributed by atoms with Gasteiger partial charge in [-0.15, -0.1) is 0 Å². The molecular formula is C15H46N4O38P12S. The molecule has 0 saturated heterocycles. The van der Waals surface area contributed by atoms with E-state index in [2.05, 4.69) is 0 Å². The molecule has 1 atom stereocenters. The molecular weight excluding hydrogens is 1250 g/mol. The van der Waals surface area contributed by atoms with Gasteiger partial charge in [-0.1, -0.05) is 0 Å². The van der Waals surface area contributed by atoms with Gasteiger partial charge in [0.2, 0.25) is 33.1 Å². The van der Waals surface area contributed by atoms with Crippen molar-refractivity contribution in [2.45, 2.75) is 39.2 Å². The molecule has 0 aromatic heterocycles. The lowest BCUT2D eigenvalue weighted by molar-refractivity contribution is -0.142. The van der Waals surface area contributed by atoms with E-state index in [4.69, 9.17) is 0 Å². The molecule has 25 N–H and O–H groups in total. The summed E-state index contributed by atoms with van der Waals surface area (Å²) in [7, 11) is -79.8. The summed E-state index contributed by atoms with van der Waals surface area (Å²) in [4.78, 5) is 245. The summed E-state index contributed by atoms with van der Waals surface area (Å²) in [6, 6.07) is -2.81. The number of carboxylic acids is 1. The smallest absolute Gasteiger partial charge is 0.355 e. The number of thioether (sulfide) groups is 1. The molecule has 0 radical (unpaired) electrons. The molecule has 0 aliphatic rings. The van der Waals surface area contributed by atoms with Crippen LogP contribution in [0.25, 0.3) is 0 Å². The van der Waals surface area contributed by atoms with Crippen molar-refractivity contribution in [2.24, 2.45) is 0 Å². The van der Waals surface area contributed by atoms with E-state index in [9.17, 15) is 182 Å². The molecule has 0 fully saturated rings. The van der Waals surface area contributed by atoms with Gasteiger partial charge in [0, 0.05) is 44.2 Å². The zero-order valence-corrected chi connectivity index (χ0v) is 45.1. The van der Waals surface area contributed by atoms with Crippen molar-refractivity contribution in [1.29, 1.82) is 0 Å². The van der Waals surface area contributed by atoms with E-state index in [0.717, 1.165) is 0 Å². The Labute approximate surface area is 393 Å². The summed E-state index contributed by atoms with van der Waals surface area (Å²) < 4.78 is 148. The maximum Gasteiger partial charge on any atom is 0.355 e. The van der Waals surface area contributed by atoms with Crippen LogP contribution in [0.3, 0.4) is 0 Å². The number of aliphatic carboxylic acids is 1. The Hall–Kier alpha value is 1.46. The molecule has 0 aromatic carbocycles. The highest BCUT2D eigenvalue weighted by Gasteiger charge is 2.61. The SMILES string of the molecule is O=C(O)[C@H](CSCCN(C(P(=O)(O)O)P(=O)(O)O)C(P(=O)(O)O)P(=O)(O)O)N(CCN(C(P(=O)(O)O)P(=O)(O)O)C(P(=O)(O)O)P(=O)(O)O)CCN(C(P(=O)(O)O)P(=O)(O)O)C(P(=O)(O)O)P(=O)(O)O. The lowest BCUT2D eigenvalue weighted by atomic mass is 10.2. The van der Waals surface area contributed by atoms with Crippen LogP contribution >= 0.6 is 103 Å². The van der Waals surface area contributed by atoms with Crippen LogP contribution in [-0.4, -0.2) is 232 Å². The zero-order valence-electron chi connectivity index (χ0n) is 33.5. The molecule has 0 saturated carbocycles. The number of hydrogen-bond acceptors (Lipinski definition) is 18. The zero-order chi connectivity index (χ0) is 56.6. The summed E-state index contributed by atoms with van der Waals surface area (Å²) in [5, 5.41) is 10.3. The summed E-state index contributed by atoms with van der Waals surface area (Å²) in [5.74, 6) is -5.21. The number of carboxylic acid groups (broad SMARTS) is 1. The fraction of sp³-hybridized carbons (Fsp3) is 0.933. The van der Waals surface area contributed by atoms with Crippen molar-refractivity contribution >= 4 is 109 Å². The fourth-order valence-electron chi connectivity index (χ4n) is 6.15. The first-order valence-corrected chi connectivity index (χ1v) is 38.0. The van der Waals surface area contributed by atoms with E-state index in [1.165, 1.54) is 0 Å². The minimum Gasteiger partial charge on any atom is -0.480 e. The summed E-state index contributed by atoms with van der Waals surface area (Å²) in [5.41, 5.74) is -24.0. The van der Waals surface area contributed by atoms with Crippen molar-refractivity contribution in [2.75, 3.05) is 44.2 Å². The second-order valence-corrected chi connectivity index (χ2v) is 37.4. The van der Waals surface area contributed by atoms with Gasteiger partial charge in [-0.05, 0) is 0 Å². The highest BCUT2D eigenvalue weighted by Crippen LogP contribution is 2.71. The molecule has 420 valence electrons. The summed E-state index contributed by atoms with van der Waals surface area (Å²) in [6.07, 6.45) is 0. The Kier molecular flexibility index (Phi) is 25.2. The van der Waals surface area contributed by atoms with Crippen molar-refractivity contribution in [1.82, 2.24) is 19.6 Å². The Morgan fingerprint density at radius 3 is 0.643 bits per heavy atom. The average Bonchev–Trinajstić information content (AvgIpc) is 2.96. The van der Waals surface area contributed by atoms with E-state index in [1.807, 2.05) is 0 Å². The van der Waals surface area contributed by atoms with Crippen LogP contribution in [-0.2, 0) is 59.6 Å². The Bertz CT molecular complexity index is 2060. The van der Waals surface area contributed by atoms with Gasteiger partial charge in [0.25, 0.3) is 0 Å². The van der Waals surface area contributed by atoms with Crippen molar-refractivity contribution in [3.8, 4) is 0 Å². The summed E-state index contributed by atoms with van der Waals surface area (Å²) >= 11 is -0.148. The van der Waals surface area contributed by atoms with Crippen LogP contribution in [0.2, 0.25) is 0 Å². The van der Waals surface area contributed by atoms with E-state index < -0.39 is 195 Å². The minimum atomic E-state index is -6.72. The van der Waals surface area contributed by atoms with E-state index in [0.29, 0.717) is 0 Å². The van der Waals surface area contributed by atoms with Crippen molar-refractivity contribution in [3.63, 3.8) is 0 Å². The van der Waals surface area contributed by atoms with E-state index in [1.54, 1.807) is 0 Å². The molecule has 70 heavy (non-hydrogen) atoms. The molecule has 0 heterocycles. The first-order chi connectivity index (χ1) is 30.2. The molecule has 0 unspecified atom stereocenters. The third-order valence-electron chi connectivity index (χ3n) is 8.18. The molecule has 0 spiro atoms. The molecule has 0 aromatic rings. The van der Waals surface area contributed by atoms with E-state index >= 15 is 0 Å². The lowest BCUT2D eigenvalue weighted by Gasteiger charge is -2.41. The molecule has 0 amide bonds. The van der Waals surface area contributed by atoms with E-state index in [-0.39, 0.29) is 16.7 Å². The monoisotopic (exact) mass is 1290 g/mol. The molecule has 0 aliphatic carbocycles. The Morgan fingerprint density at radius 2 is 0.486 bits per heavy atom. The third kappa shape index (κ3) is 21.7. The van der Waals surface area contributed by atoms with Crippen LogP contribution in [0.4, 0.5) is 0 Å². The van der Waals surface area contributed by atoms with Gasteiger partial charge < -0.3 is 123 Å². The fourth-order valence-corrected chi connectivity index (χ4v) is 25.5. The topological polar surface area (TPSA) is 741 Å². The van der Waals surface area contributed by atoms with Gasteiger partial charge in [-0.3, -0.25) is 79.2 Å². The Morgan fingerprint density at radius 1 is 0.314 bits per heavy atom. The van der Waals surface area contributed by atoms with Gasteiger partial charge in [0.1, 0.15) is 6.04 Å². The van der Waals surface area contributed by atoms with Crippen molar-refractivity contribution in [3.05, 3.63) is 0 Å². The minimum absolute atomic E-state index is 0.0884. The highest BCUT2D eigenvalue weighted by atomic mass is 32.2. The largest absolute Gasteiger partial charge is 0.480 e. The quantitative estimate of drug-likeness (QED) is 0.0227. The number of rotatable bonds is 31. The van der Waals surface area contributed by atoms with Gasteiger partial charge >= 0.3 is 97.1 Å². The van der Waals surface area contributed by atoms with Crippen molar-refractivity contribution < 1.29 is 182 Å². The molecule has 0 bridgehead atoms. The second kappa shape index (κ2) is 24.6. The highest BCUT2D eigenvalue weighted by molar-refractivity contribution is 7.99. The number of carbonyl (C=O) groups is 1. The van der Waals surface area contributed by atoms with Gasteiger partial charge in [-0.25, -0.2) is 0 Å². The Balaban J connectivity index is 8.41.